The number of ether oxygens (including phenoxy) is 1. The van der Waals surface area contributed by atoms with E-state index in [9.17, 15) is 4.79 Å². The van der Waals surface area contributed by atoms with Crippen LogP contribution in [0, 0.1) is 0 Å². The van der Waals surface area contributed by atoms with Crippen LogP contribution in [-0.4, -0.2) is 41.8 Å². The Kier molecular flexibility index (Phi) is 12.2. The van der Waals surface area contributed by atoms with E-state index in [2.05, 4.69) is 0 Å². The van der Waals surface area contributed by atoms with Gasteiger partial charge in [0.25, 0.3) is 0 Å². The molecule has 1 N–H and O–H groups in total. The number of halogens is 1. The molecule has 0 saturated carbocycles. The Bertz CT molecular complexity index is 700. The molecule has 0 aliphatic rings. The van der Waals surface area contributed by atoms with Gasteiger partial charge in [0, 0.05) is 6.04 Å². The van der Waals surface area contributed by atoms with Gasteiger partial charge < -0.3 is 9.84 Å². The maximum absolute atomic E-state index is 10.7. The van der Waals surface area contributed by atoms with Crippen LogP contribution in [0.15, 0.2) is 54.6 Å². The summed E-state index contributed by atoms with van der Waals surface area (Å²) < 4.78 is 5.76. The van der Waals surface area contributed by atoms with Gasteiger partial charge >= 0.3 is 12.1 Å². The van der Waals surface area contributed by atoms with Crippen LogP contribution < -0.4 is 4.74 Å². The fourth-order valence-electron chi connectivity index (χ4n) is 2.33. The van der Waals surface area contributed by atoms with Gasteiger partial charge in [0.05, 0.1) is 6.54 Å². The number of likely N-dealkylation sites (N-methyl/N-ethyl adjacent to an activating group) is 1. The second-order valence-corrected chi connectivity index (χ2v) is 5.86. The number of aliphatic carboxylic acids is 1. The maximum Gasteiger partial charge on any atom is 0.373 e. The summed E-state index contributed by atoms with van der Waals surface area (Å²) in [6.45, 7) is 2.64. The van der Waals surface area contributed by atoms with Crippen LogP contribution in [-0.2, 0) is 27.4 Å². The smallest absolute Gasteiger partial charge is 0.373 e. The quantitative estimate of drug-likeness (QED) is 0.742. The fraction of sp³-hybridized carbons (Fsp3) is 0.300. The SMILES string of the molecule is C[C@H](Cc1ccc(OCc2ccccc2)cc1)N(C)CC(=O)O.Cl.O=C=O. The summed E-state index contributed by atoms with van der Waals surface area (Å²) in [5.41, 5.74) is 2.31. The number of nitrogens with zero attached hydrogens (tertiary/aromatic N) is 1. The number of carbonyl (C=O) groups excluding carboxylic acids is 2. The molecule has 7 heteroatoms. The highest BCUT2D eigenvalue weighted by Gasteiger charge is 2.12. The van der Waals surface area contributed by atoms with Crippen molar-refractivity contribution in [2.45, 2.75) is 26.0 Å². The Morgan fingerprint density at radius 2 is 1.63 bits per heavy atom. The monoisotopic (exact) mass is 393 g/mol. The van der Waals surface area contributed by atoms with Crippen molar-refractivity contribution >= 4 is 24.5 Å². The molecule has 0 aromatic heterocycles. The minimum atomic E-state index is -0.802. The van der Waals surface area contributed by atoms with E-state index >= 15 is 0 Å². The summed E-state index contributed by atoms with van der Waals surface area (Å²) in [5, 5.41) is 8.83. The molecule has 0 bridgehead atoms. The van der Waals surface area contributed by atoms with Crippen LogP contribution in [0.3, 0.4) is 0 Å². The number of carbonyl (C=O) groups is 1. The van der Waals surface area contributed by atoms with E-state index in [0.29, 0.717) is 6.61 Å². The molecule has 2 rings (SSSR count). The second kappa shape index (κ2) is 13.5. The first-order valence-corrected chi connectivity index (χ1v) is 8.13. The molecule has 2 aromatic carbocycles. The molecule has 0 aliphatic heterocycles. The van der Waals surface area contributed by atoms with Gasteiger partial charge in [0.15, 0.2) is 0 Å². The molecule has 146 valence electrons. The first kappa shape index (κ1) is 24.3. The van der Waals surface area contributed by atoms with Gasteiger partial charge in [-0.1, -0.05) is 42.5 Å². The molecule has 0 aliphatic carbocycles. The summed E-state index contributed by atoms with van der Waals surface area (Å²) in [7, 11) is 1.83. The summed E-state index contributed by atoms with van der Waals surface area (Å²) in [6.07, 6.45) is 1.06. The lowest BCUT2D eigenvalue weighted by atomic mass is 10.1. The van der Waals surface area contributed by atoms with E-state index in [4.69, 9.17) is 19.4 Å². The van der Waals surface area contributed by atoms with Crippen molar-refractivity contribution < 1.29 is 24.2 Å². The fourth-order valence-corrected chi connectivity index (χ4v) is 2.33. The summed E-state index contributed by atoms with van der Waals surface area (Å²) in [5.74, 6) is 0.0353. The molecule has 0 heterocycles. The van der Waals surface area contributed by atoms with Gasteiger partial charge in [-0.2, -0.15) is 9.59 Å². The van der Waals surface area contributed by atoms with Crippen LogP contribution in [0.1, 0.15) is 18.1 Å². The third kappa shape index (κ3) is 10.2. The Balaban J connectivity index is 0.00000158. The molecule has 0 amide bonds. The normalized spacial score (nSPS) is 10.6. The molecule has 1 atom stereocenters. The minimum Gasteiger partial charge on any atom is -0.489 e. The van der Waals surface area contributed by atoms with Crippen LogP contribution >= 0.6 is 12.4 Å². The van der Waals surface area contributed by atoms with E-state index in [1.165, 1.54) is 5.56 Å². The average Bonchev–Trinajstić information content (AvgIpc) is 2.62. The predicted octanol–water partition coefficient (Wildman–Crippen LogP) is 3.05. The minimum absolute atomic E-state index is 0. The predicted molar refractivity (Wildman–Crippen MR) is 103 cm³/mol. The number of hydrogen-bond donors (Lipinski definition) is 1. The highest BCUT2D eigenvalue weighted by molar-refractivity contribution is 5.85. The lowest BCUT2D eigenvalue weighted by Crippen LogP contribution is -2.35. The van der Waals surface area contributed by atoms with E-state index in [1.54, 1.807) is 0 Å². The number of carboxylic acids is 1. The zero-order valence-electron chi connectivity index (χ0n) is 15.3. The Morgan fingerprint density at radius 1 is 1.07 bits per heavy atom. The Morgan fingerprint density at radius 3 is 2.15 bits per heavy atom. The Labute approximate surface area is 165 Å². The molecule has 0 unspecified atom stereocenters. The lowest BCUT2D eigenvalue weighted by Gasteiger charge is -2.22. The van der Waals surface area contributed by atoms with Crippen molar-refractivity contribution in [1.29, 1.82) is 0 Å². The van der Waals surface area contributed by atoms with E-state index in [1.807, 2.05) is 73.5 Å². The number of rotatable bonds is 8. The van der Waals surface area contributed by atoms with Crippen molar-refractivity contribution in [2.24, 2.45) is 0 Å². The molecule has 0 fully saturated rings. The molecule has 2 aromatic rings. The summed E-state index contributed by atoms with van der Waals surface area (Å²) in [6, 6.07) is 18.2. The van der Waals surface area contributed by atoms with Gasteiger partial charge in [0.1, 0.15) is 12.4 Å². The highest BCUT2D eigenvalue weighted by atomic mass is 35.5. The molecular weight excluding hydrogens is 370 g/mol. The first-order chi connectivity index (χ1) is 12.5. The molecule has 27 heavy (non-hydrogen) atoms. The highest BCUT2D eigenvalue weighted by Crippen LogP contribution is 2.16. The lowest BCUT2D eigenvalue weighted by molar-refractivity contribution is -0.191. The zero-order chi connectivity index (χ0) is 19.4. The summed E-state index contributed by atoms with van der Waals surface area (Å²) >= 11 is 0. The third-order valence-corrected chi connectivity index (χ3v) is 3.84. The van der Waals surface area contributed by atoms with Crippen molar-refractivity contribution in [2.75, 3.05) is 13.6 Å². The van der Waals surface area contributed by atoms with Crippen LogP contribution in [0.4, 0.5) is 0 Å². The van der Waals surface area contributed by atoms with Gasteiger partial charge in [-0.25, -0.2) is 0 Å². The standard InChI is InChI=1S/C19H23NO3.CO2.ClH/c1-15(20(2)13-19(21)22)12-16-8-10-18(11-9-16)23-14-17-6-4-3-5-7-17;2-1-3;/h3-11,15H,12-14H2,1-2H3,(H,21,22);;1H/t15-;;/m1../s1. The van der Waals surface area contributed by atoms with Gasteiger partial charge in [-0.05, 0) is 43.7 Å². The number of carboxylic acid groups (broad SMARTS) is 1. The molecular formula is C20H24ClNO5. The van der Waals surface area contributed by atoms with E-state index in [-0.39, 0.29) is 31.1 Å². The van der Waals surface area contributed by atoms with Crippen molar-refractivity contribution in [3.63, 3.8) is 0 Å². The first-order valence-electron chi connectivity index (χ1n) is 8.13. The van der Waals surface area contributed by atoms with Crippen molar-refractivity contribution in [3.05, 3.63) is 65.7 Å². The van der Waals surface area contributed by atoms with Crippen LogP contribution in [0.5, 0.6) is 5.75 Å². The van der Waals surface area contributed by atoms with Crippen molar-refractivity contribution in [1.82, 2.24) is 4.90 Å². The number of benzene rings is 2. The molecule has 0 radical (unpaired) electrons. The molecule has 6 nitrogen and oxygen atoms in total. The van der Waals surface area contributed by atoms with Crippen LogP contribution in [0.2, 0.25) is 0 Å². The maximum atomic E-state index is 10.7. The van der Waals surface area contributed by atoms with Gasteiger partial charge in [-0.3, -0.25) is 9.69 Å². The topological polar surface area (TPSA) is 83.9 Å². The second-order valence-electron chi connectivity index (χ2n) is 5.86. The Hall–Kier alpha value is -2.66. The van der Waals surface area contributed by atoms with Crippen LogP contribution in [0.25, 0.3) is 0 Å². The van der Waals surface area contributed by atoms with E-state index in [0.717, 1.165) is 17.7 Å². The third-order valence-electron chi connectivity index (χ3n) is 3.84. The van der Waals surface area contributed by atoms with Crippen molar-refractivity contribution in [3.8, 4) is 5.75 Å². The average molecular weight is 394 g/mol. The van der Waals surface area contributed by atoms with Gasteiger partial charge in [0.2, 0.25) is 0 Å². The van der Waals surface area contributed by atoms with Gasteiger partial charge in [-0.15, -0.1) is 12.4 Å². The van der Waals surface area contributed by atoms with E-state index < -0.39 is 5.97 Å². The summed E-state index contributed by atoms with van der Waals surface area (Å²) in [4.78, 5) is 28.8. The number of hydrogen-bond acceptors (Lipinski definition) is 5. The zero-order valence-corrected chi connectivity index (χ0v) is 16.1. The molecule has 0 saturated heterocycles. The molecule has 0 spiro atoms. The largest absolute Gasteiger partial charge is 0.489 e.